The predicted molar refractivity (Wildman–Crippen MR) is 95.4 cm³/mol. The summed E-state index contributed by atoms with van der Waals surface area (Å²) in [6, 6.07) is 3.27. The number of piperidine rings is 1. The summed E-state index contributed by atoms with van der Waals surface area (Å²) in [6.07, 6.45) is -3.34. The lowest BCUT2D eigenvalue weighted by atomic mass is 10.0. The maximum Gasteiger partial charge on any atom is 0.416 e. The van der Waals surface area contributed by atoms with Crippen molar-refractivity contribution in [1.29, 1.82) is 0 Å². The number of halogens is 3. The molecule has 28 heavy (non-hydrogen) atoms. The van der Waals surface area contributed by atoms with E-state index in [1.165, 1.54) is 15.5 Å². The first-order chi connectivity index (χ1) is 13.2. The highest BCUT2D eigenvalue weighted by molar-refractivity contribution is 5.76. The fraction of sp³-hybridized carbons (Fsp3) is 0.556. The lowest BCUT2D eigenvalue weighted by Gasteiger charge is -2.36. The number of carboxylic acid groups (broad SMARTS) is 1. The van der Waals surface area contributed by atoms with E-state index in [2.05, 4.69) is 9.88 Å². The molecule has 0 bridgehead atoms. The van der Waals surface area contributed by atoms with Crippen LogP contribution < -0.4 is 5.69 Å². The van der Waals surface area contributed by atoms with Crippen molar-refractivity contribution in [2.45, 2.75) is 37.5 Å². The zero-order chi connectivity index (χ0) is 20.1. The molecule has 152 valence electrons. The molecule has 2 N–H and O–H groups in total. The predicted octanol–water partition coefficient (Wildman–Crippen LogP) is 2.74. The van der Waals surface area contributed by atoms with Crippen molar-refractivity contribution in [3.63, 3.8) is 0 Å². The molecule has 0 radical (unpaired) electrons. The molecule has 0 aliphatic carbocycles. The van der Waals surface area contributed by atoms with Crippen molar-refractivity contribution in [2.24, 2.45) is 0 Å². The number of nitrogens with zero attached hydrogens (tertiary/aromatic N) is 3. The number of aromatic nitrogens is 2. The second-order valence-corrected chi connectivity index (χ2v) is 7.47. The Morgan fingerprint density at radius 1 is 1.11 bits per heavy atom. The number of imidazole rings is 1. The van der Waals surface area contributed by atoms with E-state index in [4.69, 9.17) is 5.11 Å². The summed E-state index contributed by atoms with van der Waals surface area (Å²) in [5.41, 5.74) is -0.500. The number of H-pyrrole nitrogens is 1. The fourth-order valence-electron chi connectivity index (χ4n) is 4.38. The van der Waals surface area contributed by atoms with Gasteiger partial charge in [-0.25, -0.2) is 9.59 Å². The summed E-state index contributed by atoms with van der Waals surface area (Å²) < 4.78 is 40.6. The largest absolute Gasteiger partial charge is 0.465 e. The van der Waals surface area contributed by atoms with Crippen LogP contribution in [-0.4, -0.2) is 62.8 Å². The van der Waals surface area contributed by atoms with Gasteiger partial charge in [-0.2, -0.15) is 13.2 Å². The van der Waals surface area contributed by atoms with Crippen LogP contribution in [-0.2, 0) is 6.18 Å². The zero-order valence-corrected chi connectivity index (χ0v) is 15.1. The van der Waals surface area contributed by atoms with Crippen LogP contribution in [0.3, 0.4) is 0 Å². The molecule has 7 nitrogen and oxygen atoms in total. The first-order valence-corrected chi connectivity index (χ1v) is 9.27. The van der Waals surface area contributed by atoms with Crippen molar-refractivity contribution in [3.8, 4) is 0 Å². The first kappa shape index (κ1) is 18.9. The molecule has 1 amide bonds. The lowest BCUT2D eigenvalue weighted by molar-refractivity contribution is -0.137. The molecule has 0 saturated carbocycles. The molecule has 3 heterocycles. The average Bonchev–Trinajstić information content (AvgIpc) is 3.24. The van der Waals surface area contributed by atoms with Crippen molar-refractivity contribution in [3.05, 3.63) is 34.2 Å². The molecule has 2 aliphatic rings. The van der Waals surface area contributed by atoms with E-state index >= 15 is 0 Å². The molecular weight excluding hydrogens is 377 g/mol. The van der Waals surface area contributed by atoms with E-state index < -0.39 is 23.5 Å². The third kappa shape index (κ3) is 3.36. The second-order valence-electron chi connectivity index (χ2n) is 7.47. The van der Waals surface area contributed by atoms with Gasteiger partial charge in [-0.05, 0) is 37.5 Å². The molecule has 2 fully saturated rings. The standard InChI is InChI=1S/C18H21F3N4O3/c19-18(20,21)11-1-2-14-15(9-11)25(16(26)22-14)12-3-6-23(7-4-12)13-5-8-24(10-13)17(27)28/h1-2,9,12-13H,3-8,10H2,(H,22,26)(H,27,28)/t13-/m0/s1. The van der Waals surface area contributed by atoms with Gasteiger partial charge in [-0.1, -0.05) is 0 Å². The zero-order valence-electron chi connectivity index (χ0n) is 15.1. The molecular formula is C18H21F3N4O3. The summed E-state index contributed by atoms with van der Waals surface area (Å²) in [5.74, 6) is 0. The van der Waals surface area contributed by atoms with Crippen LogP contribution >= 0.6 is 0 Å². The third-order valence-corrected chi connectivity index (χ3v) is 5.86. The summed E-state index contributed by atoms with van der Waals surface area (Å²) in [4.78, 5) is 29.7. The molecule has 1 atom stereocenters. The lowest BCUT2D eigenvalue weighted by Crippen LogP contribution is -2.44. The van der Waals surface area contributed by atoms with Crippen molar-refractivity contribution in [1.82, 2.24) is 19.4 Å². The number of amides is 1. The van der Waals surface area contributed by atoms with Gasteiger partial charge in [-0.15, -0.1) is 0 Å². The number of benzene rings is 1. The Balaban J connectivity index is 1.52. The Hall–Kier alpha value is -2.49. The van der Waals surface area contributed by atoms with Crippen molar-refractivity contribution in [2.75, 3.05) is 26.2 Å². The van der Waals surface area contributed by atoms with Gasteiger partial charge >= 0.3 is 18.0 Å². The van der Waals surface area contributed by atoms with Gasteiger partial charge in [-0.3, -0.25) is 9.47 Å². The smallest absolute Gasteiger partial charge is 0.416 e. The summed E-state index contributed by atoms with van der Waals surface area (Å²) in [7, 11) is 0. The van der Waals surface area contributed by atoms with E-state index in [1.54, 1.807) is 0 Å². The Morgan fingerprint density at radius 2 is 1.79 bits per heavy atom. The molecule has 2 saturated heterocycles. The maximum atomic E-state index is 13.1. The van der Waals surface area contributed by atoms with Crippen molar-refractivity contribution >= 4 is 17.1 Å². The Kier molecular flexibility index (Phi) is 4.60. The van der Waals surface area contributed by atoms with Gasteiger partial charge in [0.15, 0.2) is 0 Å². The van der Waals surface area contributed by atoms with Crippen LogP contribution in [0.4, 0.5) is 18.0 Å². The molecule has 4 rings (SSSR count). The minimum atomic E-state index is -4.46. The molecule has 2 aromatic rings. The van der Waals surface area contributed by atoms with Gasteiger partial charge in [0.2, 0.25) is 0 Å². The quantitative estimate of drug-likeness (QED) is 0.815. The van der Waals surface area contributed by atoms with Crippen LogP contribution in [0.1, 0.15) is 30.9 Å². The van der Waals surface area contributed by atoms with E-state index in [1.807, 2.05) is 0 Å². The van der Waals surface area contributed by atoms with E-state index in [-0.39, 0.29) is 17.6 Å². The molecule has 1 aromatic heterocycles. The van der Waals surface area contributed by atoms with Crippen LogP contribution in [0, 0.1) is 0 Å². The number of alkyl halides is 3. The van der Waals surface area contributed by atoms with Crippen LogP contribution in [0.15, 0.2) is 23.0 Å². The van der Waals surface area contributed by atoms with Crippen molar-refractivity contribution < 1.29 is 23.1 Å². The van der Waals surface area contributed by atoms with Gasteiger partial charge in [0, 0.05) is 38.3 Å². The average molecular weight is 398 g/mol. The third-order valence-electron chi connectivity index (χ3n) is 5.86. The first-order valence-electron chi connectivity index (χ1n) is 9.27. The van der Waals surface area contributed by atoms with Crippen LogP contribution in [0.25, 0.3) is 11.0 Å². The van der Waals surface area contributed by atoms with Gasteiger partial charge in [0.1, 0.15) is 0 Å². The number of carbonyl (C=O) groups is 1. The summed E-state index contributed by atoms with van der Waals surface area (Å²) in [5, 5.41) is 9.09. The van der Waals surface area contributed by atoms with E-state index in [0.29, 0.717) is 44.5 Å². The number of hydrogen-bond acceptors (Lipinski definition) is 3. The molecule has 1 aromatic carbocycles. The monoisotopic (exact) mass is 398 g/mol. The number of hydrogen-bond donors (Lipinski definition) is 2. The molecule has 2 aliphatic heterocycles. The number of nitrogens with one attached hydrogen (secondary N) is 1. The Labute approximate surface area is 158 Å². The van der Waals surface area contributed by atoms with E-state index in [9.17, 15) is 22.8 Å². The second kappa shape index (κ2) is 6.84. The van der Waals surface area contributed by atoms with Crippen LogP contribution in [0.2, 0.25) is 0 Å². The minimum Gasteiger partial charge on any atom is -0.465 e. The number of rotatable bonds is 2. The van der Waals surface area contributed by atoms with Gasteiger partial charge in [0.05, 0.1) is 16.6 Å². The SMILES string of the molecule is O=C(O)N1CC[C@H](N2CCC(n3c(=O)[nH]c4ccc(C(F)(F)F)cc43)CC2)C1. The molecule has 0 spiro atoms. The summed E-state index contributed by atoms with van der Waals surface area (Å²) in [6.45, 7) is 2.35. The number of aromatic amines is 1. The Morgan fingerprint density at radius 3 is 2.39 bits per heavy atom. The highest BCUT2D eigenvalue weighted by atomic mass is 19.4. The number of likely N-dealkylation sites (tertiary alicyclic amines) is 2. The topological polar surface area (TPSA) is 81.6 Å². The van der Waals surface area contributed by atoms with Gasteiger partial charge in [0.25, 0.3) is 0 Å². The van der Waals surface area contributed by atoms with E-state index in [0.717, 1.165) is 18.6 Å². The Bertz CT molecular complexity index is 944. The number of fused-ring (bicyclic) bond motifs is 1. The highest BCUT2D eigenvalue weighted by Crippen LogP contribution is 2.33. The van der Waals surface area contributed by atoms with Gasteiger partial charge < -0.3 is 15.0 Å². The molecule has 10 heteroatoms. The maximum absolute atomic E-state index is 13.1. The summed E-state index contributed by atoms with van der Waals surface area (Å²) >= 11 is 0. The molecule has 0 unspecified atom stereocenters. The highest BCUT2D eigenvalue weighted by Gasteiger charge is 2.34. The normalized spacial score (nSPS) is 22.2. The minimum absolute atomic E-state index is 0.161. The van der Waals surface area contributed by atoms with Crippen LogP contribution in [0.5, 0.6) is 0 Å². The fourth-order valence-corrected chi connectivity index (χ4v) is 4.38.